The summed E-state index contributed by atoms with van der Waals surface area (Å²) in [5.41, 5.74) is 4.08. The Labute approximate surface area is 205 Å². The monoisotopic (exact) mass is 486 g/mol. The highest BCUT2D eigenvalue weighted by atomic mass is 35.5. The molecule has 0 radical (unpaired) electrons. The number of anilines is 2. The summed E-state index contributed by atoms with van der Waals surface area (Å²) in [5.74, 6) is 1.26. The van der Waals surface area contributed by atoms with Gasteiger partial charge in [0, 0.05) is 52.7 Å². The van der Waals surface area contributed by atoms with Gasteiger partial charge in [0.25, 0.3) is 0 Å². The van der Waals surface area contributed by atoms with Crippen molar-refractivity contribution in [3.8, 4) is 11.5 Å². The molecule has 3 aromatic rings. The van der Waals surface area contributed by atoms with Gasteiger partial charge in [-0.3, -0.25) is 0 Å². The molecule has 1 aliphatic rings. The molecule has 0 amide bonds. The van der Waals surface area contributed by atoms with E-state index in [-0.39, 0.29) is 0 Å². The highest BCUT2D eigenvalue weighted by Crippen LogP contribution is 2.35. The number of ether oxygens (including phenoxy) is 3. The lowest BCUT2D eigenvalue weighted by molar-refractivity contribution is 0.122. The maximum atomic E-state index is 6.59. The second kappa shape index (κ2) is 11.5. The number of nitrogens with zero attached hydrogens (tertiary/aromatic N) is 1. The van der Waals surface area contributed by atoms with Crippen LogP contribution in [0.4, 0.5) is 11.4 Å². The number of morpholine rings is 1. The molecule has 0 spiro atoms. The molecule has 0 bridgehead atoms. The third-order valence-corrected chi connectivity index (χ3v) is 6.20. The molecule has 1 heterocycles. The molecule has 33 heavy (non-hydrogen) atoms. The molecule has 4 rings (SSSR count). The van der Waals surface area contributed by atoms with Crippen molar-refractivity contribution in [2.75, 3.05) is 43.1 Å². The van der Waals surface area contributed by atoms with Crippen molar-refractivity contribution in [3.63, 3.8) is 0 Å². The van der Waals surface area contributed by atoms with Crippen LogP contribution in [0.3, 0.4) is 0 Å². The first-order valence-electron chi connectivity index (χ1n) is 11.1. The van der Waals surface area contributed by atoms with E-state index in [4.69, 9.17) is 37.4 Å². The fourth-order valence-electron chi connectivity index (χ4n) is 3.67. The quantitative estimate of drug-likeness (QED) is 0.377. The summed E-state index contributed by atoms with van der Waals surface area (Å²) in [4.78, 5) is 2.33. The number of benzene rings is 3. The average Bonchev–Trinajstić information content (AvgIpc) is 2.85. The Morgan fingerprint density at radius 2 is 1.61 bits per heavy atom. The molecule has 7 heteroatoms. The van der Waals surface area contributed by atoms with Gasteiger partial charge in [0.2, 0.25) is 0 Å². The van der Waals surface area contributed by atoms with Gasteiger partial charge < -0.3 is 24.4 Å². The van der Waals surface area contributed by atoms with E-state index in [1.807, 2.05) is 43.3 Å². The van der Waals surface area contributed by atoms with Crippen LogP contribution in [0.1, 0.15) is 18.1 Å². The van der Waals surface area contributed by atoms with Crippen molar-refractivity contribution in [1.82, 2.24) is 0 Å². The summed E-state index contributed by atoms with van der Waals surface area (Å²) < 4.78 is 17.3. The van der Waals surface area contributed by atoms with Crippen LogP contribution in [0, 0.1) is 0 Å². The van der Waals surface area contributed by atoms with Crippen molar-refractivity contribution in [1.29, 1.82) is 0 Å². The summed E-state index contributed by atoms with van der Waals surface area (Å²) in [6, 6.07) is 19.8. The maximum absolute atomic E-state index is 6.59. The lowest BCUT2D eigenvalue weighted by Crippen LogP contribution is -2.36. The van der Waals surface area contributed by atoms with E-state index in [1.54, 1.807) is 0 Å². The third-order valence-electron chi connectivity index (χ3n) is 5.48. The Morgan fingerprint density at radius 3 is 2.33 bits per heavy atom. The largest absolute Gasteiger partial charge is 0.490 e. The highest BCUT2D eigenvalue weighted by Gasteiger charge is 2.13. The fraction of sp³-hybridized carbons (Fsp3) is 0.308. The zero-order valence-corrected chi connectivity index (χ0v) is 20.2. The summed E-state index contributed by atoms with van der Waals surface area (Å²) >= 11 is 12.8. The standard InChI is InChI=1S/C26H28Cl2N2O3/c1-2-32-25-15-20(24(28)16-26(25)33-18-19-5-3-4-6-23(19)27)17-29-21-7-9-22(10-8-21)30-11-13-31-14-12-30/h3-10,15-16,29H,2,11-14,17-18H2,1H3. The molecule has 1 aliphatic heterocycles. The third kappa shape index (κ3) is 6.26. The van der Waals surface area contributed by atoms with Crippen molar-refractivity contribution in [2.45, 2.75) is 20.1 Å². The molecule has 0 aliphatic carbocycles. The Hall–Kier alpha value is -2.60. The van der Waals surface area contributed by atoms with Gasteiger partial charge in [0.05, 0.1) is 19.8 Å². The molecule has 1 saturated heterocycles. The maximum Gasteiger partial charge on any atom is 0.163 e. The van der Waals surface area contributed by atoms with E-state index >= 15 is 0 Å². The Kier molecular flexibility index (Phi) is 8.21. The second-order valence-corrected chi connectivity index (χ2v) is 8.52. The van der Waals surface area contributed by atoms with E-state index in [0.29, 0.717) is 41.3 Å². The molecule has 1 fully saturated rings. The predicted octanol–water partition coefficient (Wildman–Crippen LogP) is 6.42. The van der Waals surface area contributed by atoms with Gasteiger partial charge in [0.15, 0.2) is 11.5 Å². The topological polar surface area (TPSA) is 43.0 Å². The number of halogens is 2. The highest BCUT2D eigenvalue weighted by molar-refractivity contribution is 6.31. The zero-order valence-electron chi connectivity index (χ0n) is 18.7. The molecule has 174 valence electrons. The molecule has 3 aromatic carbocycles. The summed E-state index contributed by atoms with van der Waals surface area (Å²) in [6.45, 7) is 6.78. The van der Waals surface area contributed by atoms with Crippen LogP contribution in [0.25, 0.3) is 0 Å². The van der Waals surface area contributed by atoms with Crippen LogP contribution in [0.5, 0.6) is 11.5 Å². The van der Waals surface area contributed by atoms with E-state index in [0.717, 1.165) is 43.1 Å². The normalized spacial score (nSPS) is 13.6. The molecule has 0 saturated carbocycles. The number of rotatable bonds is 9. The first-order chi connectivity index (χ1) is 16.1. The van der Waals surface area contributed by atoms with Crippen LogP contribution in [-0.4, -0.2) is 32.9 Å². The van der Waals surface area contributed by atoms with Crippen LogP contribution >= 0.6 is 23.2 Å². The predicted molar refractivity (Wildman–Crippen MR) is 135 cm³/mol. The summed E-state index contributed by atoms with van der Waals surface area (Å²) in [5, 5.41) is 4.73. The second-order valence-electron chi connectivity index (χ2n) is 7.70. The molecule has 0 atom stereocenters. The fourth-order valence-corrected chi connectivity index (χ4v) is 4.08. The SMILES string of the molecule is CCOc1cc(CNc2ccc(N3CCOCC3)cc2)c(Cl)cc1OCc1ccccc1Cl. The van der Waals surface area contributed by atoms with Gasteiger partial charge in [-0.2, -0.15) is 0 Å². The van der Waals surface area contributed by atoms with Crippen LogP contribution < -0.4 is 19.7 Å². The number of hydrogen-bond acceptors (Lipinski definition) is 5. The van der Waals surface area contributed by atoms with E-state index < -0.39 is 0 Å². The van der Waals surface area contributed by atoms with Crippen molar-refractivity contribution in [3.05, 3.63) is 81.8 Å². The average molecular weight is 487 g/mol. The lowest BCUT2D eigenvalue weighted by atomic mass is 10.1. The minimum absolute atomic E-state index is 0.336. The van der Waals surface area contributed by atoms with Crippen LogP contribution in [0.15, 0.2) is 60.7 Å². The summed E-state index contributed by atoms with van der Waals surface area (Å²) in [7, 11) is 0. The van der Waals surface area contributed by atoms with Gasteiger partial charge >= 0.3 is 0 Å². The number of nitrogens with one attached hydrogen (secondary N) is 1. The van der Waals surface area contributed by atoms with Gasteiger partial charge in [-0.25, -0.2) is 0 Å². The van der Waals surface area contributed by atoms with Crippen molar-refractivity contribution >= 4 is 34.6 Å². The minimum atomic E-state index is 0.336. The molecule has 0 unspecified atom stereocenters. The first kappa shape index (κ1) is 23.6. The van der Waals surface area contributed by atoms with Gasteiger partial charge in [-0.05, 0) is 48.9 Å². The molecule has 5 nitrogen and oxygen atoms in total. The molecule has 0 aromatic heterocycles. The van der Waals surface area contributed by atoms with Crippen LogP contribution in [0.2, 0.25) is 10.0 Å². The first-order valence-corrected chi connectivity index (χ1v) is 11.9. The zero-order chi connectivity index (χ0) is 23.0. The van der Waals surface area contributed by atoms with Gasteiger partial charge in [-0.1, -0.05) is 41.4 Å². The van der Waals surface area contributed by atoms with Gasteiger partial charge in [-0.15, -0.1) is 0 Å². The number of hydrogen-bond donors (Lipinski definition) is 1. The summed E-state index contributed by atoms with van der Waals surface area (Å²) in [6.07, 6.45) is 0. The molecule has 1 N–H and O–H groups in total. The Morgan fingerprint density at radius 1 is 0.879 bits per heavy atom. The van der Waals surface area contributed by atoms with Crippen molar-refractivity contribution < 1.29 is 14.2 Å². The van der Waals surface area contributed by atoms with E-state index in [2.05, 4.69) is 34.5 Å². The Balaban J connectivity index is 1.42. The van der Waals surface area contributed by atoms with Crippen molar-refractivity contribution in [2.24, 2.45) is 0 Å². The Bertz CT molecular complexity index is 1050. The molecular weight excluding hydrogens is 459 g/mol. The van der Waals surface area contributed by atoms with Gasteiger partial charge in [0.1, 0.15) is 6.61 Å². The minimum Gasteiger partial charge on any atom is -0.490 e. The van der Waals surface area contributed by atoms with E-state index in [1.165, 1.54) is 5.69 Å². The lowest BCUT2D eigenvalue weighted by Gasteiger charge is -2.29. The molecular formula is C26H28Cl2N2O3. The van der Waals surface area contributed by atoms with Crippen LogP contribution in [-0.2, 0) is 17.9 Å². The smallest absolute Gasteiger partial charge is 0.163 e. The van der Waals surface area contributed by atoms with E-state index in [9.17, 15) is 0 Å².